The number of amides is 1. The zero-order valence-electron chi connectivity index (χ0n) is 11.2. The summed E-state index contributed by atoms with van der Waals surface area (Å²) in [6.45, 7) is 0.249. The average Bonchev–Trinajstić information content (AvgIpc) is 3.21. The van der Waals surface area contributed by atoms with Gasteiger partial charge >= 0.3 is 5.97 Å². The topological polar surface area (TPSA) is 86.6 Å². The van der Waals surface area contributed by atoms with Gasteiger partial charge in [0.05, 0.1) is 11.5 Å². The number of carbonyl (C=O) groups excluding carboxylic acids is 1. The van der Waals surface area contributed by atoms with E-state index in [1.165, 1.54) is 0 Å². The molecule has 2 fully saturated rings. The van der Waals surface area contributed by atoms with Crippen LogP contribution in [0.5, 0.6) is 0 Å². The summed E-state index contributed by atoms with van der Waals surface area (Å²) in [5.74, 6) is -0.780. The van der Waals surface area contributed by atoms with Crippen LogP contribution >= 0.6 is 0 Å². The number of carbonyl (C=O) groups is 2. The van der Waals surface area contributed by atoms with Gasteiger partial charge in [0, 0.05) is 13.0 Å². The largest absolute Gasteiger partial charge is 0.481 e. The second-order valence-corrected chi connectivity index (χ2v) is 6.03. The molecule has 3 N–H and O–H groups in total. The van der Waals surface area contributed by atoms with Gasteiger partial charge in [-0.25, -0.2) is 0 Å². The third-order valence-corrected chi connectivity index (χ3v) is 4.44. The lowest BCUT2D eigenvalue weighted by Crippen LogP contribution is -2.41. The Hall–Kier alpha value is -1.10. The molecule has 2 aliphatic carbocycles. The Morgan fingerprint density at radius 2 is 1.84 bits per heavy atom. The van der Waals surface area contributed by atoms with Gasteiger partial charge in [-0.05, 0) is 31.6 Å². The number of carboxylic acid groups (broad SMARTS) is 1. The zero-order chi connectivity index (χ0) is 13.9. The van der Waals surface area contributed by atoms with E-state index in [1.807, 2.05) is 0 Å². The molecule has 2 rings (SSSR count). The fraction of sp³-hybridized carbons (Fsp3) is 0.857. The third-order valence-electron chi connectivity index (χ3n) is 4.44. The minimum Gasteiger partial charge on any atom is -0.481 e. The van der Waals surface area contributed by atoms with Gasteiger partial charge in [-0.1, -0.05) is 19.3 Å². The van der Waals surface area contributed by atoms with E-state index >= 15 is 0 Å². The first kappa shape index (κ1) is 14.3. The number of hydrogen-bond donors (Lipinski definition) is 3. The molecule has 0 bridgehead atoms. The maximum absolute atomic E-state index is 11.9. The summed E-state index contributed by atoms with van der Waals surface area (Å²) in [7, 11) is 0. The molecule has 1 atom stereocenters. The highest BCUT2D eigenvalue weighted by atomic mass is 16.4. The van der Waals surface area contributed by atoms with Crippen molar-refractivity contribution in [2.45, 2.75) is 57.5 Å². The highest BCUT2D eigenvalue weighted by molar-refractivity contribution is 5.85. The number of aliphatic carboxylic acids is 1. The predicted molar refractivity (Wildman–Crippen MR) is 69.5 cm³/mol. The first-order valence-corrected chi connectivity index (χ1v) is 7.22. The summed E-state index contributed by atoms with van der Waals surface area (Å²) in [5.41, 5.74) is -0.882. The Bertz CT molecular complexity index is 345. The minimum atomic E-state index is -0.882. The molecule has 0 radical (unpaired) electrons. The second-order valence-electron chi connectivity index (χ2n) is 6.03. The number of aliphatic hydroxyl groups is 1. The summed E-state index contributed by atoms with van der Waals surface area (Å²) in [6.07, 6.45) is 5.59. The highest BCUT2D eigenvalue weighted by Crippen LogP contribution is 2.39. The van der Waals surface area contributed by atoms with Crippen molar-refractivity contribution in [1.82, 2.24) is 5.32 Å². The van der Waals surface area contributed by atoms with Gasteiger partial charge in [0.1, 0.15) is 0 Å². The maximum Gasteiger partial charge on any atom is 0.310 e. The SMILES string of the molecule is O=C(CC1(C(=O)O)CCCCC1)NCC(O)C1CC1. The van der Waals surface area contributed by atoms with E-state index in [1.54, 1.807) is 0 Å². The molecule has 5 nitrogen and oxygen atoms in total. The first-order chi connectivity index (χ1) is 9.03. The molecule has 1 unspecified atom stereocenters. The minimum absolute atomic E-state index is 0.0414. The van der Waals surface area contributed by atoms with Gasteiger partial charge in [-0.15, -0.1) is 0 Å². The number of hydrogen-bond acceptors (Lipinski definition) is 3. The molecule has 1 amide bonds. The van der Waals surface area contributed by atoms with E-state index in [4.69, 9.17) is 0 Å². The lowest BCUT2D eigenvalue weighted by molar-refractivity contribution is -0.154. The summed E-state index contributed by atoms with van der Waals surface area (Å²) in [4.78, 5) is 23.3. The second kappa shape index (κ2) is 5.90. The van der Waals surface area contributed by atoms with Gasteiger partial charge in [0.25, 0.3) is 0 Å². The molecule has 5 heteroatoms. The van der Waals surface area contributed by atoms with Crippen molar-refractivity contribution in [1.29, 1.82) is 0 Å². The van der Waals surface area contributed by atoms with E-state index in [9.17, 15) is 19.8 Å². The first-order valence-electron chi connectivity index (χ1n) is 7.22. The molecule has 0 saturated heterocycles. The van der Waals surface area contributed by atoms with E-state index in [-0.39, 0.29) is 18.9 Å². The third kappa shape index (κ3) is 3.69. The number of carboxylic acids is 1. The van der Waals surface area contributed by atoms with Gasteiger partial charge in [-0.2, -0.15) is 0 Å². The Balaban J connectivity index is 1.82. The molecule has 2 aliphatic rings. The van der Waals surface area contributed by atoms with Crippen LogP contribution in [0.15, 0.2) is 0 Å². The highest BCUT2D eigenvalue weighted by Gasteiger charge is 2.41. The van der Waals surface area contributed by atoms with Crippen molar-refractivity contribution < 1.29 is 19.8 Å². The maximum atomic E-state index is 11.9. The van der Waals surface area contributed by atoms with Crippen LogP contribution in [0.1, 0.15) is 51.4 Å². The summed E-state index contributed by atoms with van der Waals surface area (Å²) < 4.78 is 0. The van der Waals surface area contributed by atoms with Crippen LogP contribution in [0, 0.1) is 11.3 Å². The van der Waals surface area contributed by atoms with Crippen LogP contribution in [0.25, 0.3) is 0 Å². The monoisotopic (exact) mass is 269 g/mol. The van der Waals surface area contributed by atoms with Crippen molar-refractivity contribution in [3.05, 3.63) is 0 Å². The Kier molecular flexibility index (Phi) is 4.45. The lowest BCUT2D eigenvalue weighted by atomic mass is 9.71. The van der Waals surface area contributed by atoms with Crippen molar-refractivity contribution in [2.75, 3.05) is 6.54 Å². The molecule has 19 heavy (non-hydrogen) atoms. The fourth-order valence-electron chi connectivity index (χ4n) is 2.93. The molecular formula is C14H23NO4. The van der Waals surface area contributed by atoms with E-state index in [0.717, 1.165) is 32.1 Å². The molecule has 0 aromatic heterocycles. The van der Waals surface area contributed by atoms with Crippen LogP contribution in [-0.2, 0) is 9.59 Å². The van der Waals surface area contributed by atoms with Crippen LogP contribution in [0.4, 0.5) is 0 Å². The molecule has 0 aliphatic heterocycles. The molecular weight excluding hydrogens is 246 g/mol. The Morgan fingerprint density at radius 3 is 2.37 bits per heavy atom. The van der Waals surface area contributed by atoms with Crippen LogP contribution < -0.4 is 5.32 Å². The summed E-state index contributed by atoms with van der Waals surface area (Å²) >= 11 is 0. The number of rotatable bonds is 6. The fourth-order valence-corrected chi connectivity index (χ4v) is 2.93. The smallest absolute Gasteiger partial charge is 0.310 e. The summed E-state index contributed by atoms with van der Waals surface area (Å²) in [5, 5.41) is 21.7. The van der Waals surface area contributed by atoms with Gasteiger partial charge in [0.2, 0.25) is 5.91 Å². The summed E-state index contributed by atoms with van der Waals surface area (Å²) in [6, 6.07) is 0. The molecule has 0 spiro atoms. The van der Waals surface area contributed by atoms with Gasteiger partial charge in [0.15, 0.2) is 0 Å². The quantitative estimate of drug-likeness (QED) is 0.678. The van der Waals surface area contributed by atoms with Crippen molar-refractivity contribution >= 4 is 11.9 Å². The molecule has 0 aromatic carbocycles. The number of nitrogens with one attached hydrogen (secondary N) is 1. The number of aliphatic hydroxyl groups excluding tert-OH is 1. The molecule has 108 valence electrons. The molecule has 2 saturated carbocycles. The Morgan fingerprint density at radius 1 is 1.21 bits per heavy atom. The van der Waals surface area contributed by atoms with Crippen molar-refractivity contribution in [3.63, 3.8) is 0 Å². The van der Waals surface area contributed by atoms with Gasteiger partial charge in [-0.3, -0.25) is 9.59 Å². The van der Waals surface area contributed by atoms with Crippen molar-refractivity contribution in [3.8, 4) is 0 Å². The lowest BCUT2D eigenvalue weighted by Gasteiger charge is -2.32. The zero-order valence-corrected chi connectivity index (χ0v) is 11.2. The van der Waals surface area contributed by atoms with Crippen LogP contribution in [0.2, 0.25) is 0 Å². The van der Waals surface area contributed by atoms with Gasteiger partial charge < -0.3 is 15.5 Å². The molecule has 0 aromatic rings. The van der Waals surface area contributed by atoms with E-state index < -0.39 is 17.5 Å². The van der Waals surface area contributed by atoms with Crippen molar-refractivity contribution in [2.24, 2.45) is 11.3 Å². The van der Waals surface area contributed by atoms with E-state index in [0.29, 0.717) is 18.8 Å². The van der Waals surface area contributed by atoms with Crippen LogP contribution in [0.3, 0.4) is 0 Å². The normalized spacial score (nSPS) is 23.6. The van der Waals surface area contributed by atoms with Crippen LogP contribution in [-0.4, -0.2) is 34.7 Å². The Labute approximate surface area is 113 Å². The average molecular weight is 269 g/mol. The standard InChI is InChI=1S/C14H23NO4/c16-11(10-4-5-10)9-15-12(17)8-14(13(18)19)6-2-1-3-7-14/h10-11,16H,1-9H2,(H,15,17)(H,18,19). The molecule has 0 heterocycles. The van der Waals surface area contributed by atoms with E-state index in [2.05, 4.69) is 5.32 Å². The predicted octanol–water partition coefficient (Wildman–Crippen LogP) is 1.30.